The van der Waals surface area contributed by atoms with Gasteiger partial charge in [0.15, 0.2) is 0 Å². The minimum atomic E-state index is -0.214. The quantitative estimate of drug-likeness (QED) is 0.352. The molecule has 0 radical (unpaired) electrons. The number of phenols is 3. The molecule has 0 aliphatic heterocycles. The van der Waals surface area contributed by atoms with Gasteiger partial charge in [-0.3, -0.25) is 4.90 Å². The number of para-hydroxylation sites is 1. The van der Waals surface area contributed by atoms with Gasteiger partial charge in [-0.15, -0.1) is 0 Å². The van der Waals surface area contributed by atoms with E-state index in [0.717, 1.165) is 33.4 Å². The number of phenolic OH excluding ortho intramolecular Hbond substituents is 3. The fourth-order valence-electron chi connectivity index (χ4n) is 4.52. The average molecular weight is 476 g/mol. The summed E-state index contributed by atoms with van der Waals surface area (Å²) in [6.45, 7) is 18.3. The summed E-state index contributed by atoms with van der Waals surface area (Å²) < 4.78 is 0. The van der Waals surface area contributed by atoms with Crippen molar-refractivity contribution in [1.82, 2.24) is 4.90 Å². The molecular formula is C31H41NO3. The van der Waals surface area contributed by atoms with Gasteiger partial charge in [-0.25, -0.2) is 0 Å². The van der Waals surface area contributed by atoms with Gasteiger partial charge in [0.2, 0.25) is 0 Å². The fourth-order valence-corrected chi connectivity index (χ4v) is 4.52. The molecule has 0 spiro atoms. The minimum absolute atomic E-state index is 0.0725. The summed E-state index contributed by atoms with van der Waals surface area (Å²) in [5.41, 5.74) is 6.23. The first-order valence-electron chi connectivity index (χ1n) is 12.3. The number of nitrogens with zero attached hydrogens (tertiary/aromatic N) is 1. The third kappa shape index (κ3) is 6.37. The van der Waals surface area contributed by atoms with Crippen LogP contribution in [0.3, 0.4) is 0 Å². The Hall–Kier alpha value is -2.98. The van der Waals surface area contributed by atoms with Crippen LogP contribution in [-0.2, 0) is 30.5 Å². The predicted octanol–water partition coefficient (Wildman–Crippen LogP) is 7.22. The van der Waals surface area contributed by atoms with Crippen LogP contribution in [0.2, 0.25) is 0 Å². The van der Waals surface area contributed by atoms with Crippen LogP contribution in [0.5, 0.6) is 17.2 Å². The monoisotopic (exact) mass is 475 g/mol. The summed E-state index contributed by atoms with van der Waals surface area (Å²) in [5, 5.41) is 32.6. The molecule has 0 fully saturated rings. The molecule has 0 saturated heterocycles. The van der Waals surface area contributed by atoms with Gasteiger partial charge >= 0.3 is 0 Å². The molecule has 0 heterocycles. The highest BCUT2D eigenvalue weighted by atomic mass is 16.3. The van der Waals surface area contributed by atoms with E-state index in [0.29, 0.717) is 31.1 Å². The molecule has 0 saturated carbocycles. The van der Waals surface area contributed by atoms with E-state index in [1.165, 1.54) is 5.56 Å². The Morgan fingerprint density at radius 3 is 1.80 bits per heavy atom. The number of hydrogen-bond donors (Lipinski definition) is 3. The van der Waals surface area contributed by atoms with E-state index >= 15 is 0 Å². The molecule has 3 aromatic rings. The molecule has 3 rings (SSSR count). The van der Waals surface area contributed by atoms with Crippen molar-refractivity contribution in [3.63, 3.8) is 0 Å². The highest BCUT2D eigenvalue weighted by molar-refractivity contribution is 5.49. The van der Waals surface area contributed by atoms with E-state index in [2.05, 4.69) is 58.6 Å². The highest BCUT2D eigenvalue weighted by Gasteiger charge is 2.26. The van der Waals surface area contributed by atoms with Crippen molar-refractivity contribution >= 4 is 0 Å². The fraction of sp³-hybridized carbons (Fsp3) is 0.419. The largest absolute Gasteiger partial charge is 0.508 e. The Balaban J connectivity index is 2.10. The van der Waals surface area contributed by atoms with E-state index in [1.807, 2.05) is 44.2 Å². The van der Waals surface area contributed by atoms with Gasteiger partial charge in [0, 0.05) is 36.3 Å². The van der Waals surface area contributed by atoms with Crippen LogP contribution in [0.15, 0.2) is 48.5 Å². The molecule has 0 aliphatic carbocycles. The number of aromatic hydroxyl groups is 3. The van der Waals surface area contributed by atoms with Crippen molar-refractivity contribution < 1.29 is 15.3 Å². The van der Waals surface area contributed by atoms with Crippen LogP contribution in [-0.4, -0.2) is 20.2 Å². The zero-order valence-electron chi connectivity index (χ0n) is 22.5. The van der Waals surface area contributed by atoms with Gasteiger partial charge in [-0.1, -0.05) is 89.6 Å². The standard InChI is InChI=1S/C31H41NO3/c1-20-13-21(2)28(34)23(14-20)18-32(17-22-11-9-10-12-27(22)33)19-24-15-25(30(3,4)5)16-26(29(24)35)31(6,7)8/h9-16,33-35H,17-19H2,1-8H3. The Morgan fingerprint density at radius 1 is 0.657 bits per heavy atom. The van der Waals surface area contributed by atoms with Crippen molar-refractivity contribution in [3.8, 4) is 17.2 Å². The summed E-state index contributed by atoms with van der Waals surface area (Å²) in [6, 6.07) is 15.5. The van der Waals surface area contributed by atoms with Crippen molar-refractivity contribution in [2.75, 3.05) is 0 Å². The normalized spacial score (nSPS) is 12.4. The Bertz CT molecular complexity index is 1200. The lowest BCUT2D eigenvalue weighted by molar-refractivity contribution is 0.237. The number of hydrogen-bond acceptors (Lipinski definition) is 4. The maximum absolute atomic E-state index is 11.4. The summed E-state index contributed by atoms with van der Waals surface area (Å²) in [5.74, 6) is 0.851. The Labute approximate surface area is 210 Å². The van der Waals surface area contributed by atoms with Gasteiger partial charge in [-0.05, 0) is 47.4 Å². The van der Waals surface area contributed by atoms with Crippen LogP contribution in [0.25, 0.3) is 0 Å². The van der Waals surface area contributed by atoms with Crippen molar-refractivity contribution in [3.05, 3.63) is 87.5 Å². The summed E-state index contributed by atoms with van der Waals surface area (Å²) in [7, 11) is 0. The van der Waals surface area contributed by atoms with E-state index < -0.39 is 0 Å². The smallest absolute Gasteiger partial charge is 0.123 e. The highest BCUT2D eigenvalue weighted by Crippen LogP contribution is 2.39. The van der Waals surface area contributed by atoms with Crippen LogP contribution >= 0.6 is 0 Å². The SMILES string of the molecule is Cc1cc(C)c(O)c(CN(Cc2ccccc2O)Cc2cc(C(C)(C)C)cc(C(C)(C)C)c2O)c1. The van der Waals surface area contributed by atoms with Gasteiger partial charge in [0.25, 0.3) is 0 Å². The molecular weight excluding hydrogens is 434 g/mol. The summed E-state index contributed by atoms with van der Waals surface area (Å²) in [4.78, 5) is 2.16. The zero-order chi connectivity index (χ0) is 26.1. The topological polar surface area (TPSA) is 63.9 Å². The van der Waals surface area contributed by atoms with Gasteiger partial charge < -0.3 is 15.3 Å². The lowest BCUT2D eigenvalue weighted by Crippen LogP contribution is -2.24. The molecule has 3 aromatic carbocycles. The maximum atomic E-state index is 11.4. The van der Waals surface area contributed by atoms with Crippen molar-refractivity contribution in [2.45, 2.75) is 85.9 Å². The molecule has 0 amide bonds. The number of benzene rings is 3. The van der Waals surface area contributed by atoms with Crippen LogP contribution in [0.4, 0.5) is 0 Å². The molecule has 0 atom stereocenters. The molecule has 188 valence electrons. The average Bonchev–Trinajstić information content (AvgIpc) is 2.73. The molecule has 3 N–H and O–H groups in total. The third-order valence-electron chi connectivity index (χ3n) is 6.56. The van der Waals surface area contributed by atoms with Crippen LogP contribution < -0.4 is 0 Å². The van der Waals surface area contributed by atoms with Gasteiger partial charge in [0.1, 0.15) is 17.2 Å². The van der Waals surface area contributed by atoms with E-state index in [1.54, 1.807) is 6.07 Å². The molecule has 4 heteroatoms. The molecule has 0 bridgehead atoms. The first-order chi connectivity index (χ1) is 16.2. The first kappa shape index (κ1) is 26.6. The second kappa shape index (κ2) is 9.94. The number of aryl methyl sites for hydroxylation is 2. The molecule has 4 nitrogen and oxygen atoms in total. The Kier molecular flexibility index (Phi) is 7.56. The maximum Gasteiger partial charge on any atom is 0.123 e. The first-order valence-corrected chi connectivity index (χ1v) is 12.3. The second-order valence-electron chi connectivity index (χ2n) is 11.9. The summed E-state index contributed by atoms with van der Waals surface area (Å²) in [6.07, 6.45) is 0. The van der Waals surface area contributed by atoms with Gasteiger partial charge in [-0.2, -0.15) is 0 Å². The molecule has 0 aliphatic rings. The molecule has 0 aromatic heterocycles. The van der Waals surface area contributed by atoms with E-state index in [-0.39, 0.29) is 16.6 Å². The van der Waals surface area contributed by atoms with Crippen molar-refractivity contribution in [1.29, 1.82) is 0 Å². The Morgan fingerprint density at radius 2 is 1.23 bits per heavy atom. The minimum Gasteiger partial charge on any atom is -0.508 e. The molecule has 35 heavy (non-hydrogen) atoms. The van der Waals surface area contributed by atoms with Crippen molar-refractivity contribution in [2.24, 2.45) is 0 Å². The predicted molar refractivity (Wildman–Crippen MR) is 144 cm³/mol. The van der Waals surface area contributed by atoms with Crippen LogP contribution in [0, 0.1) is 13.8 Å². The van der Waals surface area contributed by atoms with Crippen LogP contribution in [0.1, 0.15) is 80.5 Å². The van der Waals surface area contributed by atoms with Gasteiger partial charge in [0.05, 0.1) is 0 Å². The second-order valence-corrected chi connectivity index (χ2v) is 11.9. The third-order valence-corrected chi connectivity index (χ3v) is 6.56. The summed E-state index contributed by atoms with van der Waals surface area (Å²) >= 11 is 0. The zero-order valence-corrected chi connectivity index (χ0v) is 22.5. The van der Waals surface area contributed by atoms with E-state index in [9.17, 15) is 15.3 Å². The lowest BCUT2D eigenvalue weighted by atomic mass is 9.79. The van der Waals surface area contributed by atoms with E-state index in [4.69, 9.17) is 0 Å². The number of rotatable bonds is 6. The molecule has 0 unspecified atom stereocenters. The lowest BCUT2D eigenvalue weighted by Gasteiger charge is -2.30.